The summed E-state index contributed by atoms with van der Waals surface area (Å²) < 4.78 is 28.6. The van der Waals surface area contributed by atoms with E-state index < -0.39 is 11.6 Å². The molecule has 0 atom stereocenters. The first kappa shape index (κ1) is 23.5. The second-order valence-corrected chi connectivity index (χ2v) is 7.88. The van der Waals surface area contributed by atoms with E-state index in [1.54, 1.807) is 10.9 Å². The van der Waals surface area contributed by atoms with E-state index >= 15 is 0 Å². The molecule has 12 heteroatoms. The molecule has 1 aliphatic heterocycles. The summed E-state index contributed by atoms with van der Waals surface area (Å²) in [7, 11) is 0. The highest BCUT2D eigenvalue weighted by atomic mass is 19.1. The number of anilines is 3. The molecule has 1 fully saturated rings. The number of aliphatic hydroxyl groups excluding tert-OH is 1. The summed E-state index contributed by atoms with van der Waals surface area (Å²) >= 11 is 0. The van der Waals surface area contributed by atoms with E-state index in [9.17, 15) is 8.78 Å². The van der Waals surface area contributed by atoms with Crippen LogP contribution in [0, 0.1) is 18.6 Å². The molecule has 3 aromatic rings. The Hall–Kier alpha value is -3.64. The molecule has 0 unspecified atom stereocenters. The molecule has 0 bridgehead atoms. The van der Waals surface area contributed by atoms with Gasteiger partial charge in [0.05, 0.1) is 18.5 Å². The number of halogens is 2. The molecule has 180 valence electrons. The number of hydrogen-bond acceptors (Lipinski definition) is 9. The average Bonchev–Trinajstić information content (AvgIpc) is 3.17. The van der Waals surface area contributed by atoms with E-state index in [2.05, 4.69) is 36.3 Å². The number of rotatable bonds is 8. The van der Waals surface area contributed by atoms with Crippen molar-refractivity contribution in [3.63, 3.8) is 0 Å². The fourth-order valence-corrected chi connectivity index (χ4v) is 3.75. The van der Waals surface area contributed by atoms with Crippen LogP contribution in [0.15, 0.2) is 30.5 Å². The van der Waals surface area contributed by atoms with Crippen molar-refractivity contribution in [3.05, 3.63) is 53.4 Å². The van der Waals surface area contributed by atoms with Crippen LogP contribution in [0.5, 0.6) is 0 Å². The second kappa shape index (κ2) is 10.5. The summed E-state index contributed by atoms with van der Waals surface area (Å²) in [6.07, 6.45) is 5.77. The van der Waals surface area contributed by atoms with E-state index in [-0.39, 0.29) is 24.5 Å². The van der Waals surface area contributed by atoms with Gasteiger partial charge in [-0.05, 0) is 19.1 Å². The Kier molecular flexibility index (Phi) is 7.28. The van der Waals surface area contributed by atoms with Crippen LogP contribution < -0.4 is 16.0 Å². The minimum absolute atomic E-state index is 0.0533. The standard InChI is InChI=1S/C22H27F2N9O/c1-15-16(14-27-33(15)22-29-20(25)28-21(30-22)26-4-10-34)3-2-5-31-6-8-32(9-7-31)19-12-17(23)11-18(24)13-19/h2-3,11-14,34H,4-10H2,1H3,(H3,25,26,28,29,30)/b3-2+. The third-order valence-corrected chi connectivity index (χ3v) is 5.52. The SMILES string of the molecule is Cc1c(/C=C/CN2CCN(c3cc(F)cc(F)c3)CC2)cnn1-c1nc(N)nc(NCCO)n1. The second-order valence-electron chi connectivity index (χ2n) is 7.88. The molecule has 3 heterocycles. The van der Waals surface area contributed by atoms with E-state index in [1.807, 2.05) is 17.9 Å². The average molecular weight is 472 g/mol. The van der Waals surface area contributed by atoms with E-state index in [4.69, 9.17) is 10.8 Å². The van der Waals surface area contributed by atoms with Gasteiger partial charge in [-0.1, -0.05) is 12.2 Å². The Morgan fingerprint density at radius 1 is 1.09 bits per heavy atom. The fraction of sp³-hybridized carbons (Fsp3) is 0.364. The number of benzene rings is 1. The Morgan fingerprint density at radius 3 is 2.53 bits per heavy atom. The lowest BCUT2D eigenvalue weighted by atomic mass is 10.2. The predicted molar refractivity (Wildman–Crippen MR) is 126 cm³/mol. The molecule has 4 rings (SSSR count). The summed E-state index contributed by atoms with van der Waals surface area (Å²) in [5.41, 5.74) is 8.11. The van der Waals surface area contributed by atoms with Crippen LogP contribution in [-0.2, 0) is 0 Å². The largest absolute Gasteiger partial charge is 0.395 e. The van der Waals surface area contributed by atoms with Crippen LogP contribution in [0.25, 0.3) is 12.0 Å². The summed E-state index contributed by atoms with van der Waals surface area (Å²) in [4.78, 5) is 16.7. The van der Waals surface area contributed by atoms with Gasteiger partial charge in [0.2, 0.25) is 11.9 Å². The maximum atomic E-state index is 13.5. The highest BCUT2D eigenvalue weighted by Gasteiger charge is 2.18. The van der Waals surface area contributed by atoms with Gasteiger partial charge in [-0.2, -0.15) is 20.1 Å². The van der Waals surface area contributed by atoms with Crippen LogP contribution >= 0.6 is 0 Å². The Bertz CT molecular complexity index is 1140. The van der Waals surface area contributed by atoms with Gasteiger partial charge >= 0.3 is 0 Å². The van der Waals surface area contributed by atoms with Crippen molar-refractivity contribution in [2.24, 2.45) is 0 Å². The van der Waals surface area contributed by atoms with Gasteiger partial charge in [-0.25, -0.2) is 13.5 Å². The molecule has 0 radical (unpaired) electrons. The van der Waals surface area contributed by atoms with Gasteiger partial charge in [-0.3, -0.25) is 4.90 Å². The number of nitrogen functional groups attached to an aromatic ring is 1. The Balaban J connectivity index is 1.35. The van der Waals surface area contributed by atoms with Crippen LogP contribution in [0.1, 0.15) is 11.3 Å². The highest BCUT2D eigenvalue weighted by Crippen LogP contribution is 2.20. The smallest absolute Gasteiger partial charge is 0.257 e. The normalized spacial score (nSPS) is 14.8. The molecule has 2 aromatic heterocycles. The molecule has 0 amide bonds. The lowest BCUT2D eigenvalue weighted by molar-refractivity contribution is 0.284. The van der Waals surface area contributed by atoms with E-state index in [0.717, 1.165) is 37.0 Å². The maximum Gasteiger partial charge on any atom is 0.257 e. The van der Waals surface area contributed by atoms with Crippen molar-refractivity contribution >= 4 is 23.7 Å². The minimum atomic E-state index is -0.561. The van der Waals surface area contributed by atoms with Crippen molar-refractivity contribution < 1.29 is 13.9 Å². The molecule has 34 heavy (non-hydrogen) atoms. The molecular weight excluding hydrogens is 444 g/mol. The van der Waals surface area contributed by atoms with Crippen LogP contribution in [0.3, 0.4) is 0 Å². The van der Waals surface area contributed by atoms with Crippen LogP contribution in [0.4, 0.5) is 26.4 Å². The molecule has 1 saturated heterocycles. The number of aromatic nitrogens is 5. The first-order valence-electron chi connectivity index (χ1n) is 10.9. The van der Waals surface area contributed by atoms with Gasteiger partial charge in [0, 0.05) is 56.6 Å². The third-order valence-electron chi connectivity index (χ3n) is 5.52. The zero-order valence-electron chi connectivity index (χ0n) is 18.8. The minimum Gasteiger partial charge on any atom is -0.395 e. The Labute approximate surface area is 195 Å². The number of nitrogens with zero attached hydrogens (tertiary/aromatic N) is 7. The fourth-order valence-electron chi connectivity index (χ4n) is 3.75. The quantitative estimate of drug-likeness (QED) is 0.448. The summed E-state index contributed by atoms with van der Waals surface area (Å²) in [6.45, 7) is 5.84. The molecule has 4 N–H and O–H groups in total. The van der Waals surface area contributed by atoms with Gasteiger partial charge in [0.1, 0.15) is 11.6 Å². The van der Waals surface area contributed by atoms with Gasteiger partial charge < -0.3 is 21.1 Å². The van der Waals surface area contributed by atoms with E-state index in [1.165, 1.54) is 12.1 Å². The molecule has 1 aliphatic rings. The number of nitrogens with one attached hydrogen (secondary N) is 1. The zero-order chi connectivity index (χ0) is 24.1. The number of piperazine rings is 1. The monoisotopic (exact) mass is 471 g/mol. The Morgan fingerprint density at radius 2 is 1.82 bits per heavy atom. The van der Waals surface area contributed by atoms with Gasteiger partial charge in [0.25, 0.3) is 5.95 Å². The topological polar surface area (TPSA) is 121 Å². The molecule has 0 saturated carbocycles. The van der Waals surface area contributed by atoms with Crippen LogP contribution in [0.2, 0.25) is 0 Å². The maximum absolute atomic E-state index is 13.5. The number of nitrogens with two attached hydrogens (primary N) is 1. The molecular formula is C22H27F2N9O. The van der Waals surface area contributed by atoms with Crippen LogP contribution in [-0.4, -0.2) is 80.6 Å². The summed E-state index contributed by atoms with van der Waals surface area (Å²) in [5, 5.41) is 16.2. The highest BCUT2D eigenvalue weighted by molar-refractivity contribution is 5.52. The lowest BCUT2D eigenvalue weighted by Crippen LogP contribution is -2.46. The molecule has 1 aromatic carbocycles. The summed E-state index contributed by atoms with van der Waals surface area (Å²) in [6, 6.07) is 3.62. The lowest BCUT2D eigenvalue weighted by Gasteiger charge is -2.35. The van der Waals surface area contributed by atoms with Crippen molar-refractivity contribution in [1.29, 1.82) is 0 Å². The molecule has 10 nitrogen and oxygen atoms in total. The van der Waals surface area contributed by atoms with Crippen molar-refractivity contribution in [1.82, 2.24) is 29.6 Å². The van der Waals surface area contributed by atoms with Crippen molar-refractivity contribution in [3.8, 4) is 5.95 Å². The predicted octanol–water partition coefficient (Wildman–Crippen LogP) is 1.47. The first-order chi connectivity index (χ1) is 16.4. The van der Waals surface area contributed by atoms with E-state index in [0.29, 0.717) is 25.3 Å². The molecule has 0 aliphatic carbocycles. The third kappa shape index (κ3) is 5.64. The number of hydrogen-bond donors (Lipinski definition) is 3. The molecule has 0 spiro atoms. The first-order valence-corrected chi connectivity index (χ1v) is 10.9. The van der Waals surface area contributed by atoms with Gasteiger partial charge in [-0.15, -0.1) is 0 Å². The number of aliphatic hydroxyl groups is 1. The summed E-state index contributed by atoms with van der Waals surface area (Å²) in [5.74, 6) is -0.515. The zero-order valence-corrected chi connectivity index (χ0v) is 18.8. The van der Waals surface area contributed by atoms with Gasteiger partial charge in [0.15, 0.2) is 0 Å². The van der Waals surface area contributed by atoms with Crippen molar-refractivity contribution in [2.45, 2.75) is 6.92 Å². The van der Waals surface area contributed by atoms with Crippen molar-refractivity contribution in [2.75, 3.05) is 61.8 Å².